The van der Waals surface area contributed by atoms with Crippen molar-refractivity contribution < 1.29 is 13.9 Å². The first-order valence-electron chi connectivity index (χ1n) is 8.35. The summed E-state index contributed by atoms with van der Waals surface area (Å²) in [6.45, 7) is 5.64. The molecule has 26 heavy (non-hydrogen) atoms. The van der Waals surface area contributed by atoms with Gasteiger partial charge in [-0.25, -0.2) is 4.98 Å². The summed E-state index contributed by atoms with van der Waals surface area (Å²) < 4.78 is 11.3. The highest BCUT2D eigenvalue weighted by Gasteiger charge is 2.17. The van der Waals surface area contributed by atoms with E-state index < -0.39 is 6.10 Å². The van der Waals surface area contributed by atoms with E-state index in [1.165, 1.54) is 0 Å². The number of amides is 1. The Kier molecular flexibility index (Phi) is 4.90. The van der Waals surface area contributed by atoms with Crippen molar-refractivity contribution in [1.82, 2.24) is 4.98 Å². The Hall–Kier alpha value is -3.33. The minimum absolute atomic E-state index is 0.189. The maximum Gasteiger partial charge on any atom is 0.265 e. The van der Waals surface area contributed by atoms with E-state index in [4.69, 9.17) is 14.4 Å². The fourth-order valence-electron chi connectivity index (χ4n) is 2.42. The number of nitrogens with zero attached hydrogens (tertiary/aromatic N) is 2. The third-order valence-electron chi connectivity index (χ3n) is 3.85. The van der Waals surface area contributed by atoms with Crippen LogP contribution in [0.1, 0.15) is 38.1 Å². The first kappa shape index (κ1) is 17.5. The summed E-state index contributed by atoms with van der Waals surface area (Å²) in [6, 6.07) is 14.1. The van der Waals surface area contributed by atoms with Crippen molar-refractivity contribution in [2.24, 2.45) is 0 Å². The van der Waals surface area contributed by atoms with E-state index in [9.17, 15) is 4.79 Å². The van der Waals surface area contributed by atoms with E-state index in [-0.39, 0.29) is 11.8 Å². The van der Waals surface area contributed by atoms with Gasteiger partial charge in [0.05, 0.1) is 5.56 Å². The zero-order valence-corrected chi connectivity index (χ0v) is 14.8. The number of oxazole rings is 1. The number of nitrogens with one attached hydrogen (secondary N) is 1. The molecule has 1 unspecified atom stereocenters. The first-order chi connectivity index (χ1) is 12.5. The number of anilines is 1. The van der Waals surface area contributed by atoms with Gasteiger partial charge in [-0.3, -0.25) is 4.79 Å². The van der Waals surface area contributed by atoms with Crippen LogP contribution in [0.5, 0.6) is 5.75 Å². The lowest BCUT2D eigenvalue weighted by molar-refractivity contribution is -0.122. The Labute approximate surface area is 151 Å². The summed E-state index contributed by atoms with van der Waals surface area (Å²) in [4.78, 5) is 16.8. The van der Waals surface area contributed by atoms with Crippen LogP contribution in [-0.2, 0) is 4.79 Å². The molecule has 1 heterocycles. The smallest absolute Gasteiger partial charge is 0.265 e. The van der Waals surface area contributed by atoms with Gasteiger partial charge in [-0.05, 0) is 37.3 Å². The van der Waals surface area contributed by atoms with Gasteiger partial charge in [0, 0.05) is 11.6 Å². The normalized spacial score (nSPS) is 12.0. The third-order valence-corrected chi connectivity index (χ3v) is 3.85. The molecule has 0 aliphatic heterocycles. The maximum absolute atomic E-state index is 12.4. The summed E-state index contributed by atoms with van der Waals surface area (Å²) >= 11 is 0. The number of rotatable bonds is 5. The van der Waals surface area contributed by atoms with Gasteiger partial charge in [-0.15, -0.1) is 0 Å². The van der Waals surface area contributed by atoms with Gasteiger partial charge in [0.25, 0.3) is 5.91 Å². The predicted octanol–water partition coefficient (Wildman–Crippen LogP) is 4.23. The van der Waals surface area contributed by atoms with Crippen LogP contribution < -0.4 is 10.1 Å². The van der Waals surface area contributed by atoms with Gasteiger partial charge >= 0.3 is 0 Å². The van der Waals surface area contributed by atoms with Crippen LogP contribution >= 0.6 is 0 Å². The number of nitriles is 1. The zero-order chi connectivity index (χ0) is 18.7. The molecule has 0 spiro atoms. The second-order valence-corrected chi connectivity index (χ2v) is 6.25. The lowest BCUT2D eigenvalue weighted by atomic mass is 10.2. The first-order valence-corrected chi connectivity index (χ1v) is 8.35. The molecule has 0 radical (unpaired) electrons. The topological polar surface area (TPSA) is 88.1 Å². The van der Waals surface area contributed by atoms with Crippen molar-refractivity contribution >= 4 is 22.7 Å². The Balaban J connectivity index is 1.72. The molecule has 0 aliphatic carbocycles. The van der Waals surface area contributed by atoms with Crippen molar-refractivity contribution in [2.75, 3.05) is 5.32 Å². The van der Waals surface area contributed by atoms with Crippen LogP contribution in [0.2, 0.25) is 0 Å². The molecule has 6 heteroatoms. The largest absolute Gasteiger partial charge is 0.480 e. The molecule has 2 aromatic carbocycles. The Morgan fingerprint density at radius 2 is 2.00 bits per heavy atom. The summed E-state index contributed by atoms with van der Waals surface area (Å²) in [7, 11) is 0. The average Bonchev–Trinajstić information content (AvgIpc) is 3.05. The number of benzene rings is 2. The van der Waals surface area contributed by atoms with Crippen molar-refractivity contribution in [3.8, 4) is 11.8 Å². The molecule has 3 rings (SSSR count). The molecule has 3 aromatic rings. The summed E-state index contributed by atoms with van der Waals surface area (Å²) in [5.41, 5.74) is 2.36. The lowest BCUT2D eigenvalue weighted by Crippen LogP contribution is -2.30. The molecule has 1 aromatic heterocycles. The van der Waals surface area contributed by atoms with Crippen LogP contribution in [-0.4, -0.2) is 17.0 Å². The highest BCUT2D eigenvalue weighted by atomic mass is 16.5. The molecule has 0 saturated carbocycles. The monoisotopic (exact) mass is 349 g/mol. The maximum atomic E-state index is 12.4. The van der Waals surface area contributed by atoms with E-state index in [2.05, 4.69) is 10.3 Å². The van der Waals surface area contributed by atoms with E-state index in [0.717, 1.165) is 0 Å². The van der Waals surface area contributed by atoms with Gasteiger partial charge in [0.1, 0.15) is 17.3 Å². The van der Waals surface area contributed by atoms with Crippen molar-refractivity contribution in [3.63, 3.8) is 0 Å². The lowest BCUT2D eigenvalue weighted by Gasteiger charge is -2.15. The van der Waals surface area contributed by atoms with E-state index in [0.29, 0.717) is 34.0 Å². The molecule has 132 valence electrons. The van der Waals surface area contributed by atoms with E-state index >= 15 is 0 Å². The molecular formula is C20H19N3O3. The van der Waals surface area contributed by atoms with Crippen LogP contribution in [0.15, 0.2) is 46.9 Å². The Bertz CT molecular complexity index is 985. The quantitative estimate of drug-likeness (QED) is 0.745. The van der Waals surface area contributed by atoms with Crippen molar-refractivity contribution in [3.05, 3.63) is 53.9 Å². The summed E-state index contributed by atoms with van der Waals surface area (Å²) in [6.07, 6.45) is -0.760. The molecule has 1 N–H and O–H groups in total. The van der Waals surface area contributed by atoms with Crippen molar-refractivity contribution in [2.45, 2.75) is 32.8 Å². The second-order valence-electron chi connectivity index (χ2n) is 6.25. The van der Waals surface area contributed by atoms with E-state index in [1.54, 1.807) is 49.4 Å². The molecule has 0 fully saturated rings. The number of para-hydroxylation sites is 1. The molecule has 6 nitrogen and oxygen atoms in total. The molecular weight excluding hydrogens is 330 g/mol. The van der Waals surface area contributed by atoms with Crippen LogP contribution in [0.4, 0.5) is 5.69 Å². The van der Waals surface area contributed by atoms with Crippen LogP contribution in [0.3, 0.4) is 0 Å². The molecule has 0 bridgehead atoms. The number of carbonyl (C=O) groups excluding carboxylic acids is 1. The molecule has 0 saturated heterocycles. The fraction of sp³-hybridized carbons (Fsp3) is 0.250. The minimum atomic E-state index is -0.760. The van der Waals surface area contributed by atoms with Gasteiger partial charge in [-0.2, -0.15) is 5.26 Å². The van der Waals surface area contributed by atoms with Gasteiger partial charge in [0.15, 0.2) is 17.6 Å². The van der Waals surface area contributed by atoms with Crippen LogP contribution in [0.25, 0.3) is 11.1 Å². The highest BCUT2D eigenvalue weighted by Crippen LogP contribution is 2.24. The Morgan fingerprint density at radius 1 is 1.23 bits per heavy atom. The third kappa shape index (κ3) is 3.67. The Morgan fingerprint density at radius 3 is 2.73 bits per heavy atom. The number of ether oxygens (including phenoxy) is 1. The second kappa shape index (κ2) is 7.28. The molecule has 1 amide bonds. The number of fused-ring (bicyclic) bond motifs is 1. The number of carbonyl (C=O) groups is 1. The van der Waals surface area contributed by atoms with Gasteiger partial charge < -0.3 is 14.5 Å². The standard InChI is InChI=1S/C20H19N3O3/c1-12(2)20-23-16-10-15(8-9-18(16)26-20)22-19(24)13(3)25-17-7-5-4-6-14(17)11-21/h4-10,12-13H,1-3H3,(H,22,24). The SMILES string of the molecule is CC(Oc1ccccc1C#N)C(=O)Nc1ccc2oc(C(C)C)nc2c1. The highest BCUT2D eigenvalue weighted by molar-refractivity contribution is 5.95. The number of aromatic nitrogens is 1. The number of hydrogen-bond acceptors (Lipinski definition) is 5. The summed E-state index contributed by atoms with van der Waals surface area (Å²) in [5.74, 6) is 0.915. The van der Waals surface area contributed by atoms with Crippen LogP contribution in [0, 0.1) is 11.3 Å². The van der Waals surface area contributed by atoms with Gasteiger partial charge in [0.2, 0.25) is 0 Å². The van der Waals surface area contributed by atoms with Gasteiger partial charge in [-0.1, -0.05) is 26.0 Å². The summed E-state index contributed by atoms with van der Waals surface area (Å²) in [5, 5.41) is 11.9. The average molecular weight is 349 g/mol. The van der Waals surface area contributed by atoms with E-state index in [1.807, 2.05) is 19.9 Å². The molecule has 0 aliphatic rings. The minimum Gasteiger partial charge on any atom is -0.480 e. The van der Waals surface area contributed by atoms with Crippen molar-refractivity contribution in [1.29, 1.82) is 5.26 Å². The fourth-order valence-corrected chi connectivity index (χ4v) is 2.42. The zero-order valence-electron chi connectivity index (χ0n) is 14.8. The number of hydrogen-bond donors (Lipinski definition) is 1. The predicted molar refractivity (Wildman–Crippen MR) is 98.0 cm³/mol. The molecule has 1 atom stereocenters.